The van der Waals surface area contributed by atoms with Crippen LogP contribution in [-0.4, -0.2) is 12.1 Å². The summed E-state index contributed by atoms with van der Waals surface area (Å²) < 4.78 is 0. The second-order valence-corrected chi connectivity index (χ2v) is 11.0. The third-order valence-corrected chi connectivity index (χ3v) is 9.60. The molecule has 8 rings (SSSR count). The lowest BCUT2D eigenvalue weighted by Gasteiger charge is -2.43. The monoisotopic (exact) mass is 480 g/mol. The molecule has 4 heteroatoms. The molecule has 4 nitrogen and oxygen atoms in total. The van der Waals surface area contributed by atoms with E-state index >= 15 is 0 Å². The topological polar surface area (TPSA) is 49.4 Å². The summed E-state index contributed by atoms with van der Waals surface area (Å²) in [5.41, 5.74) is 3.97. The molecule has 6 atom stereocenters. The largest absolute Gasteiger partial charge is 0.189 e. The highest BCUT2D eigenvalue weighted by Gasteiger charge is 2.72. The summed E-state index contributed by atoms with van der Waals surface area (Å²) >= 11 is 0. The van der Waals surface area contributed by atoms with Crippen molar-refractivity contribution in [3.63, 3.8) is 0 Å². The molecular formula is C33H28N4. The van der Waals surface area contributed by atoms with E-state index in [1.807, 2.05) is 0 Å². The molecule has 0 radical (unpaired) electrons. The van der Waals surface area contributed by atoms with Gasteiger partial charge in [0.05, 0.1) is 12.1 Å². The zero-order valence-corrected chi connectivity index (χ0v) is 20.5. The summed E-state index contributed by atoms with van der Waals surface area (Å²) in [6.45, 7) is 0. The van der Waals surface area contributed by atoms with E-state index in [-0.39, 0.29) is 23.9 Å². The molecule has 0 unspecified atom stereocenters. The summed E-state index contributed by atoms with van der Waals surface area (Å²) in [5.74, 6) is 1.33. The molecule has 2 aliphatic carbocycles. The molecule has 0 spiro atoms. The van der Waals surface area contributed by atoms with Gasteiger partial charge in [-0.25, -0.2) is 0 Å². The number of hydrogen-bond donors (Lipinski definition) is 0. The van der Waals surface area contributed by atoms with Crippen molar-refractivity contribution in [1.29, 1.82) is 0 Å². The van der Waals surface area contributed by atoms with Crippen molar-refractivity contribution in [3.8, 4) is 0 Å². The van der Waals surface area contributed by atoms with Gasteiger partial charge in [-0.05, 0) is 40.5 Å². The maximum absolute atomic E-state index is 5.21. The van der Waals surface area contributed by atoms with Gasteiger partial charge in [0.2, 0.25) is 0 Å². The first-order chi connectivity index (χ1) is 18.3. The van der Waals surface area contributed by atoms with Gasteiger partial charge in [-0.1, -0.05) is 121 Å². The summed E-state index contributed by atoms with van der Waals surface area (Å²) in [4.78, 5) is 0. The molecule has 0 N–H and O–H groups in total. The molecule has 2 aliphatic heterocycles. The molecule has 4 aromatic rings. The number of benzene rings is 4. The highest BCUT2D eigenvalue weighted by Crippen LogP contribution is 2.70. The van der Waals surface area contributed by atoms with Crippen molar-refractivity contribution in [2.75, 3.05) is 0 Å². The molecule has 0 amide bonds. The van der Waals surface area contributed by atoms with Gasteiger partial charge in [0.1, 0.15) is 11.1 Å². The molecule has 4 aromatic carbocycles. The zero-order valence-electron chi connectivity index (χ0n) is 20.5. The standard InChI is InChI=1S/C33H28N4/c1-5-13-22(14-6-1)32(23-15-7-2-8-16-23)28-26-21-27(30(28)34-36-32)29-31(26)35-37-33(29,24-17-9-3-10-18-24)25-19-11-4-12-20-25/h1-20,26-31H,21H2/t26-,27-,28-,29+,30-,31+/m1/s1. The second kappa shape index (κ2) is 7.79. The van der Waals surface area contributed by atoms with E-state index in [2.05, 4.69) is 121 Å². The van der Waals surface area contributed by atoms with Crippen molar-refractivity contribution in [2.45, 2.75) is 29.6 Å². The molecule has 2 bridgehead atoms. The second-order valence-electron chi connectivity index (χ2n) is 11.0. The maximum Gasteiger partial charge on any atom is 0.137 e. The predicted molar refractivity (Wildman–Crippen MR) is 143 cm³/mol. The zero-order chi connectivity index (χ0) is 24.5. The molecule has 0 saturated heterocycles. The smallest absolute Gasteiger partial charge is 0.137 e. The van der Waals surface area contributed by atoms with Crippen LogP contribution >= 0.6 is 0 Å². The van der Waals surface area contributed by atoms with Crippen LogP contribution < -0.4 is 0 Å². The Hall–Kier alpha value is -3.92. The first-order valence-electron chi connectivity index (χ1n) is 13.4. The fourth-order valence-corrected chi connectivity index (χ4v) is 8.33. The Kier molecular flexibility index (Phi) is 4.46. The lowest BCUT2D eigenvalue weighted by atomic mass is 9.59. The normalized spacial score (nSPS) is 31.4. The highest BCUT2D eigenvalue weighted by atomic mass is 15.3. The summed E-state index contributed by atoms with van der Waals surface area (Å²) in [6, 6.07) is 43.5. The predicted octanol–water partition coefficient (Wildman–Crippen LogP) is 7.42. The molecule has 0 aromatic heterocycles. The van der Waals surface area contributed by atoms with Crippen LogP contribution in [0, 0.1) is 23.7 Å². The van der Waals surface area contributed by atoms with E-state index in [9.17, 15) is 0 Å². The molecular weight excluding hydrogens is 452 g/mol. The minimum Gasteiger partial charge on any atom is -0.189 e. The van der Waals surface area contributed by atoms with Crippen LogP contribution in [0.3, 0.4) is 0 Å². The van der Waals surface area contributed by atoms with Crippen molar-refractivity contribution in [2.24, 2.45) is 44.1 Å². The Bertz CT molecular complexity index is 1290. The van der Waals surface area contributed by atoms with Gasteiger partial charge in [0, 0.05) is 11.8 Å². The number of rotatable bonds is 4. The van der Waals surface area contributed by atoms with Crippen molar-refractivity contribution < 1.29 is 0 Å². The van der Waals surface area contributed by atoms with Gasteiger partial charge in [0.15, 0.2) is 0 Å². The Morgan fingerprint density at radius 3 is 1.03 bits per heavy atom. The molecule has 4 aliphatic rings. The quantitative estimate of drug-likeness (QED) is 0.292. The molecule has 2 saturated carbocycles. The lowest BCUT2D eigenvalue weighted by Crippen LogP contribution is -2.50. The summed E-state index contributed by atoms with van der Waals surface area (Å²) in [7, 11) is 0. The average Bonchev–Trinajstić information content (AvgIpc) is 3.74. The Morgan fingerprint density at radius 1 is 0.432 bits per heavy atom. The first kappa shape index (κ1) is 21.2. The minimum atomic E-state index is -0.474. The number of fused-ring (bicyclic) bond motifs is 8. The highest BCUT2D eigenvalue weighted by molar-refractivity contribution is 5.47. The lowest BCUT2D eigenvalue weighted by molar-refractivity contribution is 0.147. The van der Waals surface area contributed by atoms with E-state index in [1.165, 1.54) is 22.3 Å². The van der Waals surface area contributed by atoms with Crippen LogP contribution in [0.15, 0.2) is 142 Å². The average molecular weight is 481 g/mol. The van der Waals surface area contributed by atoms with Crippen molar-refractivity contribution in [1.82, 2.24) is 0 Å². The SMILES string of the molecule is c1ccc(C2(c3ccccc3)N=N[C@@H]3[C@@H]4C[C@@H]([C@@H]5N=NC(c6ccccc6)(c6ccccc6)[C@@H]45)[C@H]32)cc1. The van der Waals surface area contributed by atoms with Gasteiger partial charge in [0.25, 0.3) is 0 Å². The van der Waals surface area contributed by atoms with Crippen LogP contribution in [-0.2, 0) is 11.1 Å². The molecule has 180 valence electrons. The molecule has 2 fully saturated rings. The van der Waals surface area contributed by atoms with Crippen LogP contribution in [0.2, 0.25) is 0 Å². The van der Waals surface area contributed by atoms with E-state index in [4.69, 9.17) is 20.5 Å². The van der Waals surface area contributed by atoms with Crippen molar-refractivity contribution in [3.05, 3.63) is 144 Å². The van der Waals surface area contributed by atoms with Crippen molar-refractivity contribution >= 4 is 0 Å². The fraction of sp³-hybridized carbons (Fsp3) is 0.273. The van der Waals surface area contributed by atoms with Crippen LogP contribution in [0.5, 0.6) is 0 Å². The Labute approximate surface area is 217 Å². The van der Waals surface area contributed by atoms with Gasteiger partial charge >= 0.3 is 0 Å². The number of azo groups is 2. The number of hydrogen-bond acceptors (Lipinski definition) is 4. The van der Waals surface area contributed by atoms with Crippen LogP contribution in [0.25, 0.3) is 0 Å². The Balaban J connectivity index is 1.29. The summed E-state index contributed by atoms with van der Waals surface area (Å²) in [5, 5.41) is 20.7. The van der Waals surface area contributed by atoms with E-state index in [0.29, 0.717) is 11.8 Å². The van der Waals surface area contributed by atoms with E-state index in [1.54, 1.807) is 0 Å². The van der Waals surface area contributed by atoms with Gasteiger partial charge in [-0.2, -0.15) is 20.5 Å². The number of nitrogens with zero attached hydrogens (tertiary/aromatic N) is 4. The maximum atomic E-state index is 5.21. The van der Waals surface area contributed by atoms with Gasteiger partial charge in [-0.15, -0.1) is 0 Å². The van der Waals surface area contributed by atoms with Gasteiger partial charge < -0.3 is 0 Å². The van der Waals surface area contributed by atoms with E-state index in [0.717, 1.165) is 6.42 Å². The first-order valence-corrected chi connectivity index (χ1v) is 13.4. The van der Waals surface area contributed by atoms with Gasteiger partial charge in [-0.3, -0.25) is 0 Å². The third-order valence-electron chi connectivity index (χ3n) is 9.60. The Morgan fingerprint density at radius 2 is 0.730 bits per heavy atom. The minimum absolute atomic E-state index is 0.168. The van der Waals surface area contributed by atoms with E-state index < -0.39 is 11.1 Å². The van der Waals surface area contributed by atoms with Crippen LogP contribution in [0.4, 0.5) is 0 Å². The fourth-order valence-electron chi connectivity index (χ4n) is 8.33. The molecule has 2 heterocycles. The molecule has 37 heavy (non-hydrogen) atoms. The van der Waals surface area contributed by atoms with Crippen LogP contribution in [0.1, 0.15) is 28.7 Å². The third kappa shape index (κ3) is 2.68. The summed E-state index contributed by atoms with van der Waals surface area (Å²) in [6.07, 6.45) is 1.13.